The second-order valence-electron chi connectivity index (χ2n) is 1.55. The maximum Gasteiger partial charge on any atom is 1.00 e. The number of alkyl halides is 6. The molecule has 0 aromatic heterocycles. The van der Waals surface area contributed by atoms with Crippen LogP contribution in [0.15, 0.2) is 0 Å². The summed E-state index contributed by atoms with van der Waals surface area (Å²) in [5.41, 5.74) is -5.96. The van der Waals surface area contributed by atoms with Crippen molar-refractivity contribution >= 4 is 10.0 Å². The van der Waals surface area contributed by atoms with Gasteiger partial charge in [-0.3, -0.25) is 0 Å². The van der Waals surface area contributed by atoms with Crippen LogP contribution in [0.1, 0.15) is 0 Å². The summed E-state index contributed by atoms with van der Waals surface area (Å²) in [5.74, 6) is 0. The average molecular weight is 224 g/mol. The first-order valence-electron chi connectivity index (χ1n) is 2.13. The standard InChI is InChI=1S/C2HF6NO2S.Li/c3-1(4,5)9-12(10,11)2(6,7)8;/h9H;/q;+1. The van der Waals surface area contributed by atoms with Crippen LogP contribution >= 0.6 is 0 Å². The van der Waals surface area contributed by atoms with E-state index in [2.05, 4.69) is 0 Å². The van der Waals surface area contributed by atoms with Crippen molar-refractivity contribution in [3.05, 3.63) is 0 Å². The monoisotopic (exact) mass is 224 g/mol. The number of rotatable bonds is 1. The third-order valence-corrected chi connectivity index (χ3v) is 1.66. The van der Waals surface area contributed by atoms with Gasteiger partial charge in [0.05, 0.1) is 0 Å². The van der Waals surface area contributed by atoms with Crippen molar-refractivity contribution in [2.75, 3.05) is 0 Å². The zero-order valence-corrected chi connectivity index (χ0v) is 6.81. The van der Waals surface area contributed by atoms with Crippen molar-refractivity contribution in [2.45, 2.75) is 11.8 Å². The predicted octanol–water partition coefficient (Wildman–Crippen LogP) is -2.05. The van der Waals surface area contributed by atoms with E-state index in [1.165, 1.54) is 0 Å². The van der Waals surface area contributed by atoms with E-state index >= 15 is 0 Å². The first-order chi connectivity index (χ1) is 4.96. The molecule has 13 heavy (non-hydrogen) atoms. The van der Waals surface area contributed by atoms with Crippen LogP contribution in [0.2, 0.25) is 0 Å². The molecule has 0 amide bonds. The molecule has 11 heteroatoms. The SMILES string of the molecule is O=S(=O)(NC(F)(F)F)C(F)(F)F.[Li+]. The minimum atomic E-state index is -6.33. The summed E-state index contributed by atoms with van der Waals surface area (Å²) < 4.78 is 85.8. The first kappa shape index (κ1) is 15.6. The molecular weight excluding hydrogens is 223 g/mol. The van der Waals surface area contributed by atoms with E-state index in [1.807, 2.05) is 0 Å². The average Bonchev–Trinajstić information content (AvgIpc) is 1.52. The summed E-state index contributed by atoms with van der Waals surface area (Å²) in [6.45, 7) is 0. The van der Waals surface area contributed by atoms with Gasteiger partial charge in [0.2, 0.25) is 0 Å². The van der Waals surface area contributed by atoms with E-state index in [0.717, 1.165) is 0 Å². The van der Waals surface area contributed by atoms with Crippen LogP contribution < -0.4 is 23.6 Å². The minimum absolute atomic E-state index is 0. The Morgan fingerprint density at radius 2 is 1.23 bits per heavy atom. The van der Waals surface area contributed by atoms with Gasteiger partial charge >= 0.3 is 40.7 Å². The third-order valence-electron chi connectivity index (χ3n) is 0.555. The number of hydrogen-bond donors (Lipinski definition) is 1. The largest absolute Gasteiger partial charge is 1.00 e. The molecule has 0 atom stereocenters. The fourth-order valence-corrected chi connectivity index (χ4v) is 0.631. The van der Waals surface area contributed by atoms with Crippen molar-refractivity contribution < 1.29 is 53.6 Å². The smallest absolute Gasteiger partial charge is 0.203 e. The van der Waals surface area contributed by atoms with Gasteiger partial charge in [0.25, 0.3) is 0 Å². The summed E-state index contributed by atoms with van der Waals surface area (Å²) in [6, 6.07) is 0. The van der Waals surface area contributed by atoms with E-state index in [1.54, 1.807) is 0 Å². The molecule has 0 radical (unpaired) electrons. The molecular formula is C2HF6LiNO2S+. The summed E-state index contributed by atoms with van der Waals surface area (Å²) in [7, 11) is -6.33. The molecule has 0 saturated carbocycles. The van der Waals surface area contributed by atoms with Gasteiger partial charge in [0, 0.05) is 0 Å². The molecule has 0 aliphatic rings. The molecule has 74 valence electrons. The van der Waals surface area contributed by atoms with Crippen molar-refractivity contribution in [3.8, 4) is 0 Å². The normalized spacial score (nSPS) is 13.7. The van der Waals surface area contributed by atoms with E-state index in [4.69, 9.17) is 0 Å². The van der Waals surface area contributed by atoms with Gasteiger partial charge in [-0.05, 0) is 0 Å². The van der Waals surface area contributed by atoms with Crippen molar-refractivity contribution in [1.29, 1.82) is 0 Å². The summed E-state index contributed by atoms with van der Waals surface area (Å²) in [4.78, 5) is 0. The number of nitrogens with one attached hydrogen (secondary N) is 1. The molecule has 0 aliphatic carbocycles. The molecule has 0 rings (SSSR count). The molecule has 0 aromatic carbocycles. The van der Waals surface area contributed by atoms with Crippen molar-refractivity contribution in [3.63, 3.8) is 0 Å². The topological polar surface area (TPSA) is 46.2 Å². The number of sulfonamides is 1. The van der Waals surface area contributed by atoms with Crippen LogP contribution in [0.5, 0.6) is 0 Å². The Labute approximate surface area is 80.7 Å². The van der Waals surface area contributed by atoms with Crippen molar-refractivity contribution in [2.24, 2.45) is 0 Å². The second-order valence-corrected chi connectivity index (χ2v) is 3.22. The van der Waals surface area contributed by atoms with Gasteiger partial charge < -0.3 is 0 Å². The maximum atomic E-state index is 11.2. The fraction of sp³-hybridized carbons (Fsp3) is 1.00. The fourth-order valence-electron chi connectivity index (χ4n) is 0.210. The molecule has 0 spiro atoms. The van der Waals surface area contributed by atoms with Crippen LogP contribution in [-0.2, 0) is 10.0 Å². The third kappa shape index (κ3) is 5.40. The number of hydrogen-bond acceptors (Lipinski definition) is 2. The van der Waals surface area contributed by atoms with Crippen LogP contribution in [0.25, 0.3) is 0 Å². The van der Waals surface area contributed by atoms with E-state index in [9.17, 15) is 34.8 Å². The van der Waals surface area contributed by atoms with E-state index in [-0.39, 0.29) is 18.9 Å². The summed E-state index contributed by atoms with van der Waals surface area (Å²) in [6.07, 6.45) is -5.62. The Morgan fingerprint density at radius 3 is 1.31 bits per heavy atom. The second kappa shape index (κ2) is 4.08. The summed E-state index contributed by atoms with van der Waals surface area (Å²) >= 11 is 0. The van der Waals surface area contributed by atoms with Gasteiger partial charge in [0.15, 0.2) is 0 Å². The molecule has 1 N–H and O–H groups in total. The van der Waals surface area contributed by atoms with Gasteiger partial charge in [-0.25, -0.2) is 8.42 Å². The predicted molar refractivity (Wildman–Crippen MR) is 24.2 cm³/mol. The maximum absolute atomic E-state index is 11.2. The number of halogens is 6. The molecule has 0 aromatic rings. The molecule has 3 nitrogen and oxygen atoms in total. The van der Waals surface area contributed by atoms with Crippen LogP contribution in [0.4, 0.5) is 26.3 Å². The van der Waals surface area contributed by atoms with E-state index in [0.29, 0.717) is 0 Å². The zero-order chi connectivity index (χ0) is 10.2. The minimum Gasteiger partial charge on any atom is -0.203 e. The Hall–Kier alpha value is 0.0874. The molecule has 0 aliphatic heterocycles. The van der Waals surface area contributed by atoms with Crippen LogP contribution in [0, 0.1) is 0 Å². The zero-order valence-electron chi connectivity index (χ0n) is 5.99. The quantitative estimate of drug-likeness (QED) is 0.316. The van der Waals surface area contributed by atoms with Crippen LogP contribution in [-0.4, -0.2) is 20.2 Å². The summed E-state index contributed by atoms with van der Waals surface area (Å²) in [5, 5.41) is 0. The Kier molecular flexibility index (Phi) is 4.88. The first-order valence-corrected chi connectivity index (χ1v) is 3.61. The van der Waals surface area contributed by atoms with Gasteiger partial charge in [0.1, 0.15) is 0 Å². The molecule has 0 bridgehead atoms. The van der Waals surface area contributed by atoms with E-state index < -0.39 is 26.6 Å². The van der Waals surface area contributed by atoms with Gasteiger partial charge in [-0.2, -0.15) is 26.3 Å². The molecule has 0 unspecified atom stereocenters. The molecule has 0 heterocycles. The molecule has 0 fully saturated rings. The Morgan fingerprint density at radius 1 is 0.923 bits per heavy atom. The van der Waals surface area contributed by atoms with Gasteiger partial charge in [-0.1, -0.05) is 0 Å². The molecule has 0 saturated heterocycles. The van der Waals surface area contributed by atoms with Gasteiger partial charge in [-0.15, -0.1) is 4.72 Å². The van der Waals surface area contributed by atoms with Crippen LogP contribution in [0.3, 0.4) is 0 Å². The Balaban J connectivity index is 0. The van der Waals surface area contributed by atoms with Crippen molar-refractivity contribution in [1.82, 2.24) is 4.72 Å². The Bertz CT molecular complexity index is 253.